The number of halogens is 1. The fourth-order valence-corrected chi connectivity index (χ4v) is 4.08. The van der Waals surface area contributed by atoms with Crippen LogP contribution in [0.2, 0.25) is 30.7 Å². The summed E-state index contributed by atoms with van der Waals surface area (Å²) in [5.74, 6) is 0. The summed E-state index contributed by atoms with van der Waals surface area (Å²) in [6, 6.07) is 8.87. The Bertz CT molecular complexity index is 1140. The highest BCUT2D eigenvalue weighted by molar-refractivity contribution is 6.76. The first-order chi connectivity index (χ1) is 13.3. The second-order valence-electron chi connectivity index (χ2n) is 8.23. The molecule has 3 aromatic heterocycles. The molecule has 0 aliphatic rings. The quantitative estimate of drug-likeness (QED) is 0.331. The molecular formula is C20H24ClN5OSi. The van der Waals surface area contributed by atoms with Crippen molar-refractivity contribution in [3.8, 4) is 11.4 Å². The number of hydrogen-bond donors (Lipinski definition) is 0. The van der Waals surface area contributed by atoms with Crippen molar-refractivity contribution in [1.82, 2.24) is 24.3 Å². The maximum absolute atomic E-state index is 6.19. The summed E-state index contributed by atoms with van der Waals surface area (Å²) in [7, 11) is 0.833. The second-order valence-corrected chi connectivity index (χ2v) is 14.3. The topological polar surface area (TPSA) is 57.8 Å². The van der Waals surface area contributed by atoms with Crippen LogP contribution in [0.1, 0.15) is 0 Å². The van der Waals surface area contributed by atoms with E-state index < -0.39 is 8.07 Å². The molecule has 0 radical (unpaired) electrons. The molecule has 0 N–H and O–H groups in total. The molecule has 0 bridgehead atoms. The van der Waals surface area contributed by atoms with Crippen molar-refractivity contribution >= 4 is 41.7 Å². The number of hydrogen-bond acceptors (Lipinski definition) is 4. The van der Waals surface area contributed by atoms with Crippen LogP contribution in [-0.2, 0) is 18.5 Å². The Morgan fingerprint density at radius 1 is 1.18 bits per heavy atom. The van der Waals surface area contributed by atoms with Gasteiger partial charge in [0.25, 0.3) is 0 Å². The molecule has 0 atom stereocenters. The van der Waals surface area contributed by atoms with E-state index in [1.807, 2.05) is 46.8 Å². The van der Waals surface area contributed by atoms with Crippen LogP contribution < -0.4 is 0 Å². The molecular weight excluding hydrogens is 390 g/mol. The van der Waals surface area contributed by atoms with Crippen LogP contribution in [0.15, 0.2) is 36.7 Å². The van der Waals surface area contributed by atoms with Gasteiger partial charge < -0.3 is 9.30 Å². The van der Waals surface area contributed by atoms with Crippen LogP contribution in [0.25, 0.3) is 33.5 Å². The molecule has 0 saturated heterocycles. The van der Waals surface area contributed by atoms with Crippen molar-refractivity contribution in [1.29, 1.82) is 0 Å². The van der Waals surface area contributed by atoms with Crippen molar-refractivity contribution in [2.45, 2.75) is 32.4 Å². The molecule has 0 amide bonds. The van der Waals surface area contributed by atoms with Crippen LogP contribution in [0.4, 0.5) is 0 Å². The molecule has 0 aliphatic carbocycles. The SMILES string of the molecule is Cn1nc(-c2cnc3c(ccn3COCC[Si](C)(C)C)n2)c2cc(Cl)ccc21. The molecule has 0 fully saturated rings. The van der Waals surface area contributed by atoms with Gasteiger partial charge in [-0.1, -0.05) is 31.2 Å². The van der Waals surface area contributed by atoms with E-state index in [1.165, 1.54) is 0 Å². The standard InChI is InChI=1S/C20H24ClN5OSi/c1-25-18-6-5-14(21)11-15(18)19(24-25)17-12-22-20-16(23-17)7-8-26(20)13-27-9-10-28(2,3)4/h5-8,11-12H,9-10,13H2,1-4H3. The zero-order valence-corrected chi connectivity index (χ0v) is 18.4. The Kier molecular flexibility index (Phi) is 4.99. The minimum atomic E-state index is -1.08. The lowest BCUT2D eigenvalue weighted by Gasteiger charge is -2.15. The average Bonchev–Trinajstić information content (AvgIpc) is 3.18. The van der Waals surface area contributed by atoms with Gasteiger partial charge in [0.05, 0.1) is 11.7 Å². The molecule has 28 heavy (non-hydrogen) atoms. The summed E-state index contributed by atoms with van der Waals surface area (Å²) in [5.41, 5.74) is 4.17. The van der Waals surface area contributed by atoms with E-state index in [1.54, 1.807) is 6.20 Å². The molecule has 0 saturated carbocycles. The first-order valence-corrected chi connectivity index (χ1v) is 13.4. The number of benzene rings is 1. The molecule has 1 aromatic carbocycles. The third-order valence-electron chi connectivity index (χ3n) is 4.75. The van der Waals surface area contributed by atoms with Crippen molar-refractivity contribution in [2.24, 2.45) is 7.05 Å². The monoisotopic (exact) mass is 413 g/mol. The Balaban J connectivity index is 1.61. The molecule has 8 heteroatoms. The highest BCUT2D eigenvalue weighted by atomic mass is 35.5. The van der Waals surface area contributed by atoms with E-state index >= 15 is 0 Å². The number of aromatic nitrogens is 5. The van der Waals surface area contributed by atoms with Gasteiger partial charge in [-0.25, -0.2) is 9.97 Å². The smallest absolute Gasteiger partial charge is 0.160 e. The normalized spacial score (nSPS) is 12.3. The largest absolute Gasteiger partial charge is 0.361 e. The van der Waals surface area contributed by atoms with Gasteiger partial charge in [-0.3, -0.25) is 4.68 Å². The molecule has 0 aliphatic heterocycles. The maximum Gasteiger partial charge on any atom is 0.160 e. The second kappa shape index (κ2) is 7.31. The Labute approximate surface area is 170 Å². The zero-order valence-electron chi connectivity index (χ0n) is 16.6. The van der Waals surface area contributed by atoms with E-state index in [-0.39, 0.29) is 0 Å². The Morgan fingerprint density at radius 3 is 2.79 bits per heavy atom. The number of rotatable bonds is 6. The van der Waals surface area contributed by atoms with E-state index in [4.69, 9.17) is 21.3 Å². The summed E-state index contributed by atoms with van der Waals surface area (Å²) in [5, 5.41) is 6.27. The number of nitrogens with zero attached hydrogens (tertiary/aromatic N) is 5. The van der Waals surface area contributed by atoms with Crippen LogP contribution in [0.3, 0.4) is 0 Å². The van der Waals surface area contributed by atoms with Crippen molar-refractivity contribution in [3.63, 3.8) is 0 Å². The molecule has 4 aromatic rings. The molecule has 146 valence electrons. The Hall–Kier alpha value is -2.22. The van der Waals surface area contributed by atoms with Crippen molar-refractivity contribution in [2.75, 3.05) is 6.61 Å². The summed E-state index contributed by atoms with van der Waals surface area (Å²) >= 11 is 6.19. The maximum atomic E-state index is 6.19. The molecule has 0 spiro atoms. The van der Waals surface area contributed by atoms with Gasteiger partial charge >= 0.3 is 0 Å². The van der Waals surface area contributed by atoms with Crippen molar-refractivity contribution < 1.29 is 4.74 Å². The highest BCUT2D eigenvalue weighted by Gasteiger charge is 2.15. The van der Waals surface area contributed by atoms with E-state index in [0.29, 0.717) is 11.8 Å². The van der Waals surface area contributed by atoms with Gasteiger partial charge in [0.2, 0.25) is 0 Å². The Morgan fingerprint density at radius 2 is 2.00 bits per heavy atom. The first-order valence-electron chi connectivity index (χ1n) is 9.34. The number of fused-ring (bicyclic) bond motifs is 2. The molecule has 6 nitrogen and oxygen atoms in total. The summed E-state index contributed by atoms with van der Waals surface area (Å²) in [6.07, 6.45) is 3.74. The van der Waals surface area contributed by atoms with Gasteiger partial charge in [-0.05, 0) is 30.3 Å². The predicted octanol–water partition coefficient (Wildman–Crippen LogP) is 4.95. The van der Waals surface area contributed by atoms with Gasteiger partial charge in [-0.2, -0.15) is 5.10 Å². The lowest BCUT2D eigenvalue weighted by Crippen LogP contribution is -2.22. The minimum Gasteiger partial charge on any atom is -0.361 e. The van der Waals surface area contributed by atoms with Gasteiger partial charge in [0.1, 0.15) is 23.6 Å². The summed E-state index contributed by atoms with van der Waals surface area (Å²) in [6.45, 7) is 8.32. The van der Waals surface area contributed by atoms with Crippen LogP contribution in [0.5, 0.6) is 0 Å². The fraction of sp³-hybridized carbons (Fsp3) is 0.350. The zero-order chi connectivity index (χ0) is 19.9. The van der Waals surface area contributed by atoms with Gasteiger partial charge in [-0.15, -0.1) is 0 Å². The van der Waals surface area contributed by atoms with E-state index in [2.05, 4.69) is 29.7 Å². The van der Waals surface area contributed by atoms with E-state index in [0.717, 1.165) is 46.1 Å². The summed E-state index contributed by atoms with van der Waals surface area (Å²) in [4.78, 5) is 9.41. The lowest BCUT2D eigenvalue weighted by atomic mass is 10.2. The van der Waals surface area contributed by atoms with Crippen LogP contribution in [-0.4, -0.2) is 39.0 Å². The molecule has 3 heterocycles. The van der Waals surface area contributed by atoms with Gasteiger partial charge in [0, 0.05) is 38.3 Å². The molecule has 4 rings (SSSR count). The lowest BCUT2D eigenvalue weighted by molar-refractivity contribution is 0.0899. The predicted molar refractivity (Wildman–Crippen MR) is 116 cm³/mol. The van der Waals surface area contributed by atoms with Crippen molar-refractivity contribution in [3.05, 3.63) is 41.7 Å². The average molecular weight is 414 g/mol. The third kappa shape index (κ3) is 3.83. The first kappa shape index (κ1) is 19.1. The molecule has 0 unspecified atom stereocenters. The van der Waals surface area contributed by atoms with E-state index in [9.17, 15) is 0 Å². The van der Waals surface area contributed by atoms with Crippen LogP contribution in [0, 0.1) is 0 Å². The van der Waals surface area contributed by atoms with Crippen LogP contribution >= 0.6 is 11.6 Å². The summed E-state index contributed by atoms with van der Waals surface area (Å²) < 4.78 is 9.68. The number of aryl methyl sites for hydroxylation is 1. The highest BCUT2D eigenvalue weighted by Crippen LogP contribution is 2.29. The third-order valence-corrected chi connectivity index (χ3v) is 6.68. The fourth-order valence-electron chi connectivity index (χ4n) is 3.15. The van der Waals surface area contributed by atoms with Gasteiger partial charge in [0.15, 0.2) is 5.65 Å². The minimum absolute atomic E-state index is 0.490. The number of ether oxygens (including phenoxy) is 1.